The van der Waals surface area contributed by atoms with E-state index in [1.54, 1.807) is 35.3 Å². The highest BCUT2D eigenvalue weighted by Crippen LogP contribution is 2.19. The highest BCUT2D eigenvalue weighted by molar-refractivity contribution is 6.06. The maximum absolute atomic E-state index is 12.2. The van der Waals surface area contributed by atoms with Gasteiger partial charge in [-0.3, -0.25) is 14.5 Å². The van der Waals surface area contributed by atoms with Crippen LogP contribution in [0.3, 0.4) is 0 Å². The molecule has 3 rings (SSSR count). The number of anilines is 2. The van der Waals surface area contributed by atoms with Gasteiger partial charge in [0.2, 0.25) is 0 Å². The highest BCUT2D eigenvalue weighted by Gasteiger charge is 2.15. The van der Waals surface area contributed by atoms with Crippen molar-refractivity contribution in [1.82, 2.24) is 24.7 Å². The van der Waals surface area contributed by atoms with E-state index in [2.05, 4.69) is 25.5 Å². The Balaban J connectivity index is 1.95. The molecule has 3 aromatic rings. The van der Waals surface area contributed by atoms with Crippen LogP contribution < -0.4 is 11.1 Å². The van der Waals surface area contributed by atoms with Crippen molar-refractivity contribution in [3.05, 3.63) is 48.4 Å². The SMILES string of the molecule is Cc1nccn1-c1ncccc1NC(=O)c1[nH]ncc1N. The second kappa shape index (κ2) is 5.08. The van der Waals surface area contributed by atoms with Gasteiger partial charge in [-0.15, -0.1) is 0 Å². The molecule has 0 saturated heterocycles. The summed E-state index contributed by atoms with van der Waals surface area (Å²) in [6.45, 7) is 1.85. The van der Waals surface area contributed by atoms with Crippen LogP contribution in [-0.4, -0.2) is 30.6 Å². The Bertz CT molecular complexity index is 789. The average Bonchev–Trinajstić information content (AvgIpc) is 3.08. The quantitative estimate of drug-likeness (QED) is 0.666. The molecule has 3 heterocycles. The topological polar surface area (TPSA) is 115 Å². The van der Waals surface area contributed by atoms with Crippen molar-refractivity contribution in [2.75, 3.05) is 11.1 Å². The van der Waals surface area contributed by atoms with Gasteiger partial charge in [0.05, 0.1) is 17.6 Å². The van der Waals surface area contributed by atoms with Gasteiger partial charge in [-0.05, 0) is 19.1 Å². The number of nitrogens with zero attached hydrogens (tertiary/aromatic N) is 4. The number of nitrogens with two attached hydrogens (primary N) is 1. The number of hydrogen-bond acceptors (Lipinski definition) is 5. The lowest BCUT2D eigenvalue weighted by molar-refractivity contribution is 0.102. The number of carbonyl (C=O) groups is 1. The second-order valence-corrected chi connectivity index (χ2v) is 4.37. The smallest absolute Gasteiger partial charge is 0.275 e. The van der Waals surface area contributed by atoms with Gasteiger partial charge in [-0.2, -0.15) is 5.10 Å². The molecule has 1 amide bonds. The molecule has 0 unspecified atom stereocenters. The molecular formula is C13H13N7O. The Kier molecular flexibility index (Phi) is 3.11. The van der Waals surface area contributed by atoms with E-state index in [1.165, 1.54) is 6.20 Å². The van der Waals surface area contributed by atoms with Crippen LogP contribution >= 0.6 is 0 Å². The molecule has 0 aromatic carbocycles. The molecule has 3 aromatic heterocycles. The molecule has 4 N–H and O–H groups in total. The maximum atomic E-state index is 12.2. The number of aromatic nitrogens is 5. The fourth-order valence-electron chi connectivity index (χ4n) is 1.95. The normalized spacial score (nSPS) is 10.5. The summed E-state index contributed by atoms with van der Waals surface area (Å²) in [4.78, 5) is 20.6. The molecule has 0 bridgehead atoms. The minimum Gasteiger partial charge on any atom is -0.396 e. The summed E-state index contributed by atoms with van der Waals surface area (Å²) in [6, 6.07) is 3.49. The van der Waals surface area contributed by atoms with Crippen LogP contribution in [0.2, 0.25) is 0 Å². The number of aromatic amines is 1. The van der Waals surface area contributed by atoms with Gasteiger partial charge >= 0.3 is 0 Å². The first kappa shape index (κ1) is 12.9. The van der Waals surface area contributed by atoms with E-state index in [0.717, 1.165) is 5.82 Å². The molecule has 8 nitrogen and oxygen atoms in total. The summed E-state index contributed by atoms with van der Waals surface area (Å²) in [6.07, 6.45) is 6.48. The monoisotopic (exact) mass is 283 g/mol. The van der Waals surface area contributed by atoms with E-state index < -0.39 is 0 Å². The van der Waals surface area contributed by atoms with E-state index >= 15 is 0 Å². The number of imidazole rings is 1. The van der Waals surface area contributed by atoms with Crippen LogP contribution in [0.4, 0.5) is 11.4 Å². The lowest BCUT2D eigenvalue weighted by atomic mass is 10.3. The molecule has 0 atom stereocenters. The number of amides is 1. The van der Waals surface area contributed by atoms with Crippen molar-refractivity contribution in [2.45, 2.75) is 6.92 Å². The maximum Gasteiger partial charge on any atom is 0.275 e. The fourth-order valence-corrected chi connectivity index (χ4v) is 1.95. The highest BCUT2D eigenvalue weighted by atomic mass is 16.2. The molecule has 0 spiro atoms. The number of hydrogen-bond donors (Lipinski definition) is 3. The predicted octanol–water partition coefficient (Wildman–Crippen LogP) is 1.13. The van der Waals surface area contributed by atoms with Crippen molar-refractivity contribution in [2.24, 2.45) is 0 Å². The van der Waals surface area contributed by atoms with Crippen molar-refractivity contribution in [1.29, 1.82) is 0 Å². The van der Waals surface area contributed by atoms with E-state index in [4.69, 9.17) is 5.73 Å². The standard InChI is InChI=1S/C13H13N7O/c1-8-15-5-6-20(8)12-10(3-2-4-16-12)18-13(21)11-9(14)7-17-19-11/h2-7H,14H2,1H3,(H,17,19)(H,18,21). The third-order valence-electron chi connectivity index (χ3n) is 2.98. The number of nitrogen functional groups attached to an aromatic ring is 1. The summed E-state index contributed by atoms with van der Waals surface area (Å²) in [5.41, 5.74) is 6.72. The number of pyridine rings is 1. The minimum absolute atomic E-state index is 0.215. The number of H-pyrrole nitrogens is 1. The first-order valence-corrected chi connectivity index (χ1v) is 6.22. The number of carbonyl (C=O) groups excluding carboxylic acids is 1. The molecular weight excluding hydrogens is 270 g/mol. The van der Waals surface area contributed by atoms with Crippen molar-refractivity contribution >= 4 is 17.3 Å². The lowest BCUT2D eigenvalue weighted by Crippen LogP contribution is -2.16. The Hall–Kier alpha value is -3.16. The first-order chi connectivity index (χ1) is 10.2. The number of rotatable bonds is 3. The zero-order valence-corrected chi connectivity index (χ0v) is 11.2. The van der Waals surface area contributed by atoms with Gasteiger partial charge in [0.25, 0.3) is 5.91 Å². The average molecular weight is 283 g/mol. The van der Waals surface area contributed by atoms with Crippen molar-refractivity contribution < 1.29 is 4.79 Å². The van der Waals surface area contributed by atoms with Crippen molar-refractivity contribution in [3.63, 3.8) is 0 Å². The zero-order chi connectivity index (χ0) is 14.8. The summed E-state index contributed by atoms with van der Waals surface area (Å²) in [5.74, 6) is 0.973. The van der Waals surface area contributed by atoms with E-state index in [1.807, 2.05) is 6.92 Å². The van der Waals surface area contributed by atoms with E-state index in [9.17, 15) is 4.79 Å². The van der Waals surface area contributed by atoms with Gasteiger partial charge < -0.3 is 11.1 Å². The molecule has 0 aliphatic rings. The van der Waals surface area contributed by atoms with Gasteiger partial charge in [0.1, 0.15) is 11.5 Å². The third-order valence-corrected chi connectivity index (χ3v) is 2.98. The van der Waals surface area contributed by atoms with Crippen LogP contribution in [0.5, 0.6) is 0 Å². The Morgan fingerprint density at radius 3 is 2.90 bits per heavy atom. The molecule has 106 valence electrons. The second-order valence-electron chi connectivity index (χ2n) is 4.37. The van der Waals surface area contributed by atoms with Crippen LogP contribution in [0.25, 0.3) is 5.82 Å². The largest absolute Gasteiger partial charge is 0.396 e. The molecule has 8 heteroatoms. The summed E-state index contributed by atoms with van der Waals surface area (Å²) in [7, 11) is 0. The summed E-state index contributed by atoms with van der Waals surface area (Å²) in [5, 5.41) is 9.06. The lowest BCUT2D eigenvalue weighted by Gasteiger charge is -2.11. The van der Waals surface area contributed by atoms with Gasteiger partial charge in [0, 0.05) is 18.6 Å². The van der Waals surface area contributed by atoms with Crippen LogP contribution in [0, 0.1) is 6.92 Å². The van der Waals surface area contributed by atoms with Gasteiger partial charge in [-0.25, -0.2) is 9.97 Å². The van der Waals surface area contributed by atoms with Crippen LogP contribution in [0.15, 0.2) is 36.9 Å². The number of nitrogens with one attached hydrogen (secondary N) is 2. The molecule has 0 saturated carbocycles. The van der Waals surface area contributed by atoms with E-state index in [-0.39, 0.29) is 17.3 Å². The predicted molar refractivity (Wildman–Crippen MR) is 77.0 cm³/mol. The molecule has 21 heavy (non-hydrogen) atoms. The van der Waals surface area contributed by atoms with E-state index in [0.29, 0.717) is 11.5 Å². The molecule has 0 aliphatic carbocycles. The molecule has 0 fully saturated rings. The van der Waals surface area contributed by atoms with Gasteiger partial charge in [-0.1, -0.05) is 0 Å². The van der Waals surface area contributed by atoms with Gasteiger partial charge in [0.15, 0.2) is 5.82 Å². The minimum atomic E-state index is -0.378. The van der Waals surface area contributed by atoms with Crippen LogP contribution in [-0.2, 0) is 0 Å². The molecule has 0 aliphatic heterocycles. The Morgan fingerprint density at radius 1 is 1.38 bits per heavy atom. The molecule has 0 radical (unpaired) electrons. The van der Waals surface area contributed by atoms with Crippen molar-refractivity contribution in [3.8, 4) is 5.82 Å². The third kappa shape index (κ3) is 2.34. The van der Waals surface area contributed by atoms with Crippen LogP contribution in [0.1, 0.15) is 16.3 Å². The fraction of sp³-hybridized carbons (Fsp3) is 0.0769. The zero-order valence-electron chi connectivity index (χ0n) is 11.2. The Labute approximate surface area is 120 Å². The summed E-state index contributed by atoms with van der Waals surface area (Å²) >= 11 is 0. The summed E-state index contributed by atoms with van der Waals surface area (Å²) < 4.78 is 1.78. The Morgan fingerprint density at radius 2 is 2.24 bits per heavy atom. The first-order valence-electron chi connectivity index (χ1n) is 6.22. The number of aryl methyl sites for hydroxylation is 1.